The van der Waals surface area contributed by atoms with Crippen LogP contribution in [0, 0.1) is 10.1 Å². The molecule has 1 amide bonds. The summed E-state index contributed by atoms with van der Waals surface area (Å²) in [6.45, 7) is -0.312. The Hall–Kier alpha value is -4.21. The number of methoxy groups -OCH3 is 2. The van der Waals surface area contributed by atoms with E-state index in [2.05, 4.69) is 10.4 Å². The molecule has 0 spiro atoms. The first kappa shape index (κ1) is 20.5. The number of ether oxygens (including phenoxy) is 2. The van der Waals surface area contributed by atoms with Crippen molar-refractivity contribution in [3.8, 4) is 22.8 Å². The van der Waals surface area contributed by atoms with Crippen molar-refractivity contribution in [2.75, 3.05) is 19.5 Å². The summed E-state index contributed by atoms with van der Waals surface area (Å²) in [5.74, 6) is 0.507. The summed E-state index contributed by atoms with van der Waals surface area (Å²) in [5, 5.41) is 17.6. The molecule has 30 heavy (non-hydrogen) atoms. The van der Waals surface area contributed by atoms with Crippen molar-refractivity contribution >= 4 is 17.3 Å². The zero-order chi connectivity index (χ0) is 21.7. The standard InChI is InChI=1S/C20H18N4O6/c1-29-17-9-5-14(11-18(17)30-2)21-19(25)12-23-20(26)10-8-16(22-23)13-3-6-15(7-4-13)24(27)28/h3-11H,12H2,1-2H3,(H,21,25). The van der Waals surface area contributed by atoms with Crippen LogP contribution in [0.15, 0.2) is 59.4 Å². The van der Waals surface area contributed by atoms with E-state index in [1.165, 1.54) is 50.6 Å². The SMILES string of the molecule is COc1ccc(NC(=O)Cn2nc(-c3ccc([N+](=O)[O-])cc3)ccc2=O)cc1OC. The fraction of sp³-hybridized carbons (Fsp3) is 0.150. The fourth-order valence-corrected chi connectivity index (χ4v) is 2.72. The quantitative estimate of drug-likeness (QED) is 0.468. The third-order valence-corrected chi connectivity index (χ3v) is 4.20. The summed E-state index contributed by atoms with van der Waals surface area (Å²) in [6, 6.07) is 13.4. The number of carbonyl (C=O) groups is 1. The second-order valence-electron chi connectivity index (χ2n) is 6.14. The van der Waals surface area contributed by atoms with Crippen LogP contribution < -0.4 is 20.3 Å². The number of nitro groups is 1. The number of carbonyl (C=O) groups excluding carboxylic acids is 1. The van der Waals surface area contributed by atoms with E-state index in [0.29, 0.717) is 28.4 Å². The molecule has 0 bridgehead atoms. The molecule has 0 aliphatic heterocycles. The Labute approximate surface area is 170 Å². The van der Waals surface area contributed by atoms with Crippen LogP contribution in [-0.4, -0.2) is 34.8 Å². The van der Waals surface area contributed by atoms with Crippen LogP contribution in [0.1, 0.15) is 0 Å². The van der Waals surface area contributed by atoms with Gasteiger partial charge in [0.1, 0.15) is 6.54 Å². The Balaban J connectivity index is 1.78. The lowest BCUT2D eigenvalue weighted by Gasteiger charge is -2.11. The van der Waals surface area contributed by atoms with Gasteiger partial charge in [0.15, 0.2) is 11.5 Å². The smallest absolute Gasteiger partial charge is 0.269 e. The summed E-state index contributed by atoms with van der Waals surface area (Å²) >= 11 is 0. The molecule has 1 heterocycles. The maximum atomic E-state index is 12.4. The highest BCUT2D eigenvalue weighted by atomic mass is 16.6. The van der Waals surface area contributed by atoms with Crippen LogP contribution in [0.3, 0.4) is 0 Å². The lowest BCUT2D eigenvalue weighted by Crippen LogP contribution is -2.29. The molecule has 1 N–H and O–H groups in total. The molecule has 0 fully saturated rings. The number of nitro benzene ring substituents is 1. The molecular weight excluding hydrogens is 392 g/mol. The molecule has 0 unspecified atom stereocenters. The third-order valence-electron chi connectivity index (χ3n) is 4.20. The molecule has 10 heteroatoms. The molecule has 0 saturated carbocycles. The number of non-ortho nitro benzene ring substituents is 1. The van der Waals surface area contributed by atoms with Crippen LogP contribution in [0.25, 0.3) is 11.3 Å². The van der Waals surface area contributed by atoms with Crippen LogP contribution in [0.5, 0.6) is 11.5 Å². The first-order valence-electron chi connectivity index (χ1n) is 8.76. The molecule has 0 aliphatic carbocycles. The van der Waals surface area contributed by atoms with Crippen molar-refractivity contribution < 1.29 is 19.2 Å². The average molecular weight is 410 g/mol. The van der Waals surface area contributed by atoms with Gasteiger partial charge in [-0.05, 0) is 30.3 Å². The topological polar surface area (TPSA) is 126 Å². The highest BCUT2D eigenvalue weighted by Crippen LogP contribution is 2.29. The van der Waals surface area contributed by atoms with Gasteiger partial charge in [0, 0.05) is 35.5 Å². The van der Waals surface area contributed by atoms with Gasteiger partial charge < -0.3 is 14.8 Å². The lowest BCUT2D eigenvalue weighted by molar-refractivity contribution is -0.384. The number of aromatic nitrogens is 2. The number of hydrogen-bond acceptors (Lipinski definition) is 7. The molecule has 3 rings (SSSR count). The van der Waals surface area contributed by atoms with Gasteiger partial charge in [0.05, 0.1) is 24.8 Å². The minimum Gasteiger partial charge on any atom is -0.493 e. The predicted octanol–water partition coefficient (Wildman–Crippen LogP) is 2.47. The van der Waals surface area contributed by atoms with E-state index in [9.17, 15) is 19.7 Å². The van der Waals surface area contributed by atoms with Crippen molar-refractivity contribution in [3.63, 3.8) is 0 Å². The highest BCUT2D eigenvalue weighted by molar-refractivity contribution is 5.90. The average Bonchev–Trinajstić information content (AvgIpc) is 2.75. The second-order valence-corrected chi connectivity index (χ2v) is 6.14. The Kier molecular flexibility index (Phi) is 6.06. The molecule has 1 aromatic heterocycles. The number of nitrogens with one attached hydrogen (secondary N) is 1. The number of rotatable bonds is 7. The van der Waals surface area contributed by atoms with Crippen molar-refractivity contribution in [3.05, 3.63) is 75.1 Å². The molecule has 0 atom stereocenters. The molecule has 0 saturated heterocycles. The number of hydrogen-bond donors (Lipinski definition) is 1. The van der Waals surface area contributed by atoms with E-state index in [1.807, 2.05) is 0 Å². The molecule has 10 nitrogen and oxygen atoms in total. The summed E-state index contributed by atoms with van der Waals surface area (Å²) in [4.78, 5) is 34.8. The molecule has 154 valence electrons. The Morgan fingerprint density at radius 2 is 1.77 bits per heavy atom. The molecular formula is C20H18N4O6. The Morgan fingerprint density at radius 1 is 1.07 bits per heavy atom. The second kappa shape index (κ2) is 8.86. The largest absolute Gasteiger partial charge is 0.493 e. The van der Waals surface area contributed by atoms with E-state index in [0.717, 1.165) is 4.68 Å². The summed E-state index contributed by atoms with van der Waals surface area (Å²) < 4.78 is 11.4. The number of benzene rings is 2. The van der Waals surface area contributed by atoms with Crippen LogP contribution in [0.4, 0.5) is 11.4 Å². The molecule has 2 aromatic carbocycles. The van der Waals surface area contributed by atoms with E-state index in [1.54, 1.807) is 18.2 Å². The zero-order valence-electron chi connectivity index (χ0n) is 16.2. The maximum Gasteiger partial charge on any atom is 0.269 e. The minimum absolute atomic E-state index is 0.0543. The first-order valence-corrected chi connectivity index (χ1v) is 8.76. The van der Waals surface area contributed by atoms with Crippen LogP contribution in [0.2, 0.25) is 0 Å². The molecule has 3 aromatic rings. The molecule has 0 aliphatic rings. The molecule has 0 radical (unpaired) electrons. The zero-order valence-corrected chi connectivity index (χ0v) is 16.2. The van der Waals surface area contributed by atoms with Crippen LogP contribution >= 0.6 is 0 Å². The van der Waals surface area contributed by atoms with Gasteiger partial charge in [-0.3, -0.25) is 19.7 Å². The lowest BCUT2D eigenvalue weighted by atomic mass is 10.1. The Morgan fingerprint density at radius 3 is 2.40 bits per heavy atom. The number of anilines is 1. The van der Waals surface area contributed by atoms with E-state index < -0.39 is 16.4 Å². The van der Waals surface area contributed by atoms with Crippen molar-refractivity contribution in [1.29, 1.82) is 0 Å². The predicted molar refractivity (Wildman–Crippen MR) is 109 cm³/mol. The van der Waals surface area contributed by atoms with Crippen molar-refractivity contribution in [2.45, 2.75) is 6.54 Å². The monoisotopic (exact) mass is 410 g/mol. The van der Waals surface area contributed by atoms with Gasteiger partial charge in [-0.1, -0.05) is 0 Å². The van der Waals surface area contributed by atoms with E-state index in [4.69, 9.17) is 9.47 Å². The minimum atomic E-state index is -0.503. The van der Waals surface area contributed by atoms with Gasteiger partial charge in [-0.2, -0.15) is 5.10 Å². The fourth-order valence-electron chi connectivity index (χ4n) is 2.72. The summed E-state index contributed by atoms with van der Waals surface area (Å²) in [5.41, 5.74) is 0.944. The van der Waals surface area contributed by atoms with Crippen molar-refractivity contribution in [2.24, 2.45) is 0 Å². The van der Waals surface area contributed by atoms with Gasteiger partial charge in [0.25, 0.3) is 11.2 Å². The summed E-state index contributed by atoms with van der Waals surface area (Å²) in [7, 11) is 2.99. The van der Waals surface area contributed by atoms with Gasteiger partial charge in [-0.15, -0.1) is 0 Å². The number of amides is 1. The maximum absolute atomic E-state index is 12.4. The van der Waals surface area contributed by atoms with Gasteiger partial charge in [-0.25, -0.2) is 4.68 Å². The third kappa shape index (κ3) is 4.61. The number of nitrogens with zero attached hydrogens (tertiary/aromatic N) is 3. The Bertz CT molecular complexity index is 1140. The first-order chi connectivity index (χ1) is 14.4. The summed E-state index contributed by atoms with van der Waals surface area (Å²) in [6.07, 6.45) is 0. The van der Waals surface area contributed by atoms with Crippen LogP contribution in [-0.2, 0) is 11.3 Å². The van der Waals surface area contributed by atoms with E-state index in [-0.39, 0.29) is 12.2 Å². The van der Waals surface area contributed by atoms with Gasteiger partial charge in [0.2, 0.25) is 5.91 Å². The van der Waals surface area contributed by atoms with E-state index >= 15 is 0 Å². The normalized spacial score (nSPS) is 10.3. The van der Waals surface area contributed by atoms with Crippen molar-refractivity contribution in [1.82, 2.24) is 9.78 Å². The highest BCUT2D eigenvalue weighted by Gasteiger charge is 2.11. The van der Waals surface area contributed by atoms with Gasteiger partial charge >= 0.3 is 0 Å².